The van der Waals surface area contributed by atoms with Crippen LogP contribution in [-0.4, -0.2) is 43.0 Å². The number of hydrogen-bond donors (Lipinski definition) is 2. The molecule has 2 rings (SSSR count). The van der Waals surface area contributed by atoms with Crippen LogP contribution in [0.4, 0.5) is 0 Å². The summed E-state index contributed by atoms with van der Waals surface area (Å²) in [5, 5.41) is 2.96. The number of hydrogen-bond acceptors (Lipinski definition) is 3. The summed E-state index contributed by atoms with van der Waals surface area (Å²) in [4.78, 5) is 14.4. The van der Waals surface area contributed by atoms with Crippen molar-refractivity contribution >= 4 is 5.91 Å². The Balaban J connectivity index is 1.66. The summed E-state index contributed by atoms with van der Waals surface area (Å²) in [7, 11) is 0. The van der Waals surface area contributed by atoms with Gasteiger partial charge in [0.2, 0.25) is 5.91 Å². The molecule has 0 bridgehead atoms. The Bertz CT molecular complexity index is 413. The van der Waals surface area contributed by atoms with E-state index < -0.39 is 6.04 Å². The molecule has 21 heavy (non-hydrogen) atoms. The summed E-state index contributed by atoms with van der Waals surface area (Å²) < 4.78 is 0. The largest absolute Gasteiger partial charge is 0.353 e. The van der Waals surface area contributed by atoms with Gasteiger partial charge in [-0.2, -0.15) is 0 Å². The van der Waals surface area contributed by atoms with Crippen LogP contribution in [0.2, 0.25) is 0 Å². The van der Waals surface area contributed by atoms with E-state index in [9.17, 15) is 4.79 Å². The minimum Gasteiger partial charge on any atom is -0.353 e. The molecule has 3 N–H and O–H groups in total. The van der Waals surface area contributed by atoms with Gasteiger partial charge in [0, 0.05) is 13.1 Å². The Morgan fingerprint density at radius 1 is 1.14 bits per heavy atom. The van der Waals surface area contributed by atoms with Crippen LogP contribution in [0.5, 0.6) is 0 Å². The first-order valence-electron chi connectivity index (χ1n) is 8.05. The van der Waals surface area contributed by atoms with E-state index in [-0.39, 0.29) is 5.91 Å². The van der Waals surface area contributed by atoms with Crippen molar-refractivity contribution < 1.29 is 4.79 Å². The Labute approximate surface area is 127 Å². The lowest BCUT2D eigenvalue weighted by Crippen LogP contribution is -2.44. The minimum atomic E-state index is -0.462. The predicted molar refractivity (Wildman–Crippen MR) is 86.0 cm³/mol. The molecule has 1 atom stereocenters. The summed E-state index contributed by atoms with van der Waals surface area (Å²) in [5.74, 6) is -0.0475. The zero-order valence-corrected chi connectivity index (χ0v) is 12.8. The van der Waals surface area contributed by atoms with E-state index >= 15 is 0 Å². The van der Waals surface area contributed by atoms with Gasteiger partial charge in [0.05, 0.1) is 6.04 Å². The third-order valence-electron chi connectivity index (χ3n) is 4.06. The quantitative estimate of drug-likeness (QED) is 0.835. The molecular formula is C17H27N3O. The highest BCUT2D eigenvalue weighted by Crippen LogP contribution is 2.08. The molecule has 1 heterocycles. The van der Waals surface area contributed by atoms with E-state index in [0.717, 1.165) is 25.2 Å². The maximum absolute atomic E-state index is 12.0. The van der Waals surface area contributed by atoms with E-state index in [0.29, 0.717) is 13.0 Å². The second kappa shape index (κ2) is 8.80. The summed E-state index contributed by atoms with van der Waals surface area (Å²) in [6.07, 6.45) is 5.83. The zero-order valence-electron chi connectivity index (χ0n) is 12.8. The molecule has 1 saturated heterocycles. The topological polar surface area (TPSA) is 58.4 Å². The van der Waals surface area contributed by atoms with Crippen LogP contribution >= 0.6 is 0 Å². The lowest BCUT2D eigenvalue weighted by atomic mass is 10.1. The van der Waals surface area contributed by atoms with Crippen LogP contribution < -0.4 is 11.1 Å². The van der Waals surface area contributed by atoms with Gasteiger partial charge in [-0.05, 0) is 37.9 Å². The maximum Gasteiger partial charge on any atom is 0.237 e. The molecule has 0 radical (unpaired) electrons. The van der Waals surface area contributed by atoms with Crippen molar-refractivity contribution in [2.75, 3.05) is 26.2 Å². The summed E-state index contributed by atoms with van der Waals surface area (Å²) >= 11 is 0. The number of carbonyl (C=O) groups is 1. The molecule has 4 nitrogen and oxygen atoms in total. The van der Waals surface area contributed by atoms with Gasteiger partial charge in [-0.25, -0.2) is 0 Å². The first-order valence-corrected chi connectivity index (χ1v) is 8.05. The molecule has 0 saturated carbocycles. The Morgan fingerprint density at radius 3 is 2.48 bits per heavy atom. The van der Waals surface area contributed by atoms with Gasteiger partial charge in [0.15, 0.2) is 0 Å². The molecule has 0 aliphatic carbocycles. The van der Waals surface area contributed by atoms with Crippen LogP contribution in [0.3, 0.4) is 0 Å². The van der Waals surface area contributed by atoms with E-state index in [1.54, 1.807) is 0 Å². The third kappa shape index (κ3) is 5.86. The number of nitrogens with one attached hydrogen (secondary N) is 1. The molecule has 1 aliphatic heterocycles. The van der Waals surface area contributed by atoms with Crippen molar-refractivity contribution in [3.63, 3.8) is 0 Å². The number of nitrogens with zero attached hydrogens (tertiary/aromatic N) is 1. The average molecular weight is 289 g/mol. The fourth-order valence-electron chi connectivity index (χ4n) is 2.79. The number of likely N-dealkylation sites (tertiary alicyclic amines) is 1. The second-order valence-electron chi connectivity index (χ2n) is 5.84. The van der Waals surface area contributed by atoms with Crippen LogP contribution in [0.25, 0.3) is 0 Å². The van der Waals surface area contributed by atoms with Crippen molar-refractivity contribution in [1.82, 2.24) is 10.2 Å². The average Bonchev–Trinajstić information content (AvgIpc) is 2.77. The van der Waals surface area contributed by atoms with Gasteiger partial charge in [-0.3, -0.25) is 4.79 Å². The second-order valence-corrected chi connectivity index (χ2v) is 5.84. The lowest BCUT2D eigenvalue weighted by molar-refractivity contribution is -0.122. The van der Waals surface area contributed by atoms with Crippen LogP contribution in [-0.2, 0) is 11.2 Å². The lowest BCUT2D eigenvalue weighted by Gasteiger charge is -2.20. The minimum absolute atomic E-state index is 0.0475. The van der Waals surface area contributed by atoms with E-state index in [2.05, 4.69) is 10.2 Å². The Hall–Kier alpha value is -1.39. The fraction of sp³-hybridized carbons (Fsp3) is 0.588. The highest BCUT2D eigenvalue weighted by atomic mass is 16.2. The van der Waals surface area contributed by atoms with Crippen molar-refractivity contribution in [3.05, 3.63) is 35.9 Å². The molecule has 1 aromatic rings. The Kier molecular flexibility index (Phi) is 6.70. The molecule has 4 heteroatoms. The highest BCUT2D eigenvalue weighted by molar-refractivity contribution is 5.81. The van der Waals surface area contributed by atoms with Gasteiger partial charge in [0.25, 0.3) is 0 Å². The summed E-state index contributed by atoms with van der Waals surface area (Å²) in [5.41, 5.74) is 7.07. The SMILES string of the molecule is NC(Cc1ccccc1)C(=O)NCCN1CCCCCC1. The molecular weight excluding hydrogens is 262 g/mol. The first-order chi connectivity index (χ1) is 10.3. The molecule has 1 aliphatic rings. The van der Waals surface area contributed by atoms with Crippen LogP contribution in [0.1, 0.15) is 31.2 Å². The first kappa shape index (κ1) is 16.0. The van der Waals surface area contributed by atoms with E-state index in [4.69, 9.17) is 5.73 Å². The van der Waals surface area contributed by atoms with Gasteiger partial charge < -0.3 is 16.0 Å². The fourth-order valence-corrected chi connectivity index (χ4v) is 2.79. The molecule has 1 unspecified atom stereocenters. The van der Waals surface area contributed by atoms with E-state index in [1.165, 1.54) is 25.7 Å². The number of amides is 1. The monoisotopic (exact) mass is 289 g/mol. The third-order valence-corrected chi connectivity index (χ3v) is 4.06. The van der Waals surface area contributed by atoms with Crippen LogP contribution in [0.15, 0.2) is 30.3 Å². The maximum atomic E-state index is 12.0. The standard InChI is InChI=1S/C17H27N3O/c18-16(14-15-8-4-3-5-9-15)17(21)19-10-13-20-11-6-1-2-7-12-20/h3-5,8-9,16H,1-2,6-7,10-14,18H2,(H,19,21). The van der Waals surface area contributed by atoms with Crippen molar-refractivity contribution in [3.8, 4) is 0 Å². The van der Waals surface area contributed by atoms with Crippen LogP contribution in [0, 0.1) is 0 Å². The molecule has 1 aromatic carbocycles. The molecule has 0 spiro atoms. The van der Waals surface area contributed by atoms with Gasteiger partial charge in [0.1, 0.15) is 0 Å². The molecule has 116 valence electrons. The highest BCUT2D eigenvalue weighted by Gasteiger charge is 2.14. The van der Waals surface area contributed by atoms with Gasteiger partial charge >= 0.3 is 0 Å². The van der Waals surface area contributed by atoms with Crippen molar-refractivity contribution in [2.45, 2.75) is 38.1 Å². The Morgan fingerprint density at radius 2 is 1.81 bits per heavy atom. The molecule has 1 amide bonds. The molecule has 0 aromatic heterocycles. The van der Waals surface area contributed by atoms with Gasteiger partial charge in [-0.1, -0.05) is 43.2 Å². The van der Waals surface area contributed by atoms with Crippen molar-refractivity contribution in [1.29, 1.82) is 0 Å². The van der Waals surface area contributed by atoms with Gasteiger partial charge in [-0.15, -0.1) is 0 Å². The number of nitrogens with two attached hydrogens (primary N) is 1. The zero-order chi connectivity index (χ0) is 14.9. The number of rotatable bonds is 6. The summed E-state index contributed by atoms with van der Waals surface area (Å²) in [6.45, 7) is 3.95. The van der Waals surface area contributed by atoms with Crippen molar-refractivity contribution in [2.24, 2.45) is 5.73 Å². The number of carbonyl (C=O) groups excluding carboxylic acids is 1. The van der Waals surface area contributed by atoms with E-state index in [1.807, 2.05) is 30.3 Å². The smallest absolute Gasteiger partial charge is 0.237 e. The summed E-state index contributed by atoms with van der Waals surface area (Å²) in [6, 6.07) is 9.46. The molecule has 1 fully saturated rings. The predicted octanol–water partition coefficient (Wildman–Crippen LogP) is 1.55. The normalized spacial score (nSPS) is 18.0. The number of benzene rings is 1.